The third-order valence-electron chi connectivity index (χ3n) is 4.87. The van der Waals surface area contributed by atoms with Gasteiger partial charge in [-0.1, -0.05) is 0 Å². The number of ether oxygens (including phenoxy) is 1. The molecule has 28 heavy (non-hydrogen) atoms. The van der Waals surface area contributed by atoms with Gasteiger partial charge in [0.05, 0.1) is 7.11 Å². The summed E-state index contributed by atoms with van der Waals surface area (Å²) in [6.07, 6.45) is 2.08. The Bertz CT molecular complexity index is 933. The number of carbonyl (C=O) groups is 1. The number of aromatic nitrogens is 4. The van der Waals surface area contributed by atoms with Gasteiger partial charge in [0.2, 0.25) is 5.91 Å². The van der Waals surface area contributed by atoms with E-state index in [2.05, 4.69) is 30.4 Å². The van der Waals surface area contributed by atoms with E-state index in [1.54, 1.807) is 18.0 Å². The zero-order valence-electron chi connectivity index (χ0n) is 15.8. The minimum atomic E-state index is 0.0207. The molecule has 1 N–H and O–H groups in total. The third kappa shape index (κ3) is 4.20. The number of methoxy groups -OCH3 is 1. The van der Waals surface area contributed by atoms with Gasteiger partial charge in [-0.3, -0.25) is 9.69 Å². The van der Waals surface area contributed by atoms with Crippen molar-refractivity contribution < 1.29 is 9.53 Å². The molecule has 0 radical (unpaired) electrons. The first kappa shape index (κ1) is 18.2. The summed E-state index contributed by atoms with van der Waals surface area (Å²) < 4.78 is 6.81. The van der Waals surface area contributed by atoms with Crippen LogP contribution >= 0.6 is 0 Å². The summed E-state index contributed by atoms with van der Waals surface area (Å²) >= 11 is 0. The fourth-order valence-electron chi connectivity index (χ4n) is 3.25. The lowest BCUT2D eigenvalue weighted by atomic mass is 10.2. The van der Waals surface area contributed by atoms with E-state index >= 15 is 0 Å². The molecule has 1 aliphatic rings. The highest BCUT2D eigenvalue weighted by atomic mass is 16.5. The molecule has 146 valence electrons. The topological polar surface area (TPSA) is 87.9 Å². The summed E-state index contributed by atoms with van der Waals surface area (Å²) in [6.45, 7) is 4.30. The second-order valence-corrected chi connectivity index (χ2v) is 6.68. The number of nitrogens with zero attached hydrogens (tertiary/aromatic N) is 6. The molecule has 3 heterocycles. The van der Waals surface area contributed by atoms with Crippen LogP contribution in [0.4, 0.5) is 11.5 Å². The van der Waals surface area contributed by atoms with Crippen LogP contribution in [0.5, 0.6) is 5.75 Å². The molecule has 0 aliphatic carbocycles. The maximum Gasteiger partial charge on any atom is 0.225 e. The van der Waals surface area contributed by atoms with Crippen molar-refractivity contribution in [1.82, 2.24) is 24.7 Å². The Labute approximate surface area is 162 Å². The van der Waals surface area contributed by atoms with Gasteiger partial charge in [0.1, 0.15) is 17.9 Å². The van der Waals surface area contributed by atoms with Gasteiger partial charge in [-0.25, -0.2) is 0 Å². The Kier molecular flexibility index (Phi) is 5.34. The van der Waals surface area contributed by atoms with E-state index in [0.717, 1.165) is 55.6 Å². The quantitative estimate of drug-likeness (QED) is 0.688. The van der Waals surface area contributed by atoms with Gasteiger partial charge in [0.25, 0.3) is 0 Å². The van der Waals surface area contributed by atoms with Crippen molar-refractivity contribution in [2.45, 2.75) is 6.42 Å². The molecule has 0 saturated carbocycles. The molecular weight excluding hydrogens is 358 g/mol. The predicted molar refractivity (Wildman–Crippen MR) is 106 cm³/mol. The van der Waals surface area contributed by atoms with Gasteiger partial charge < -0.3 is 15.0 Å². The number of benzene rings is 1. The van der Waals surface area contributed by atoms with E-state index in [-0.39, 0.29) is 5.91 Å². The molecule has 1 saturated heterocycles. The van der Waals surface area contributed by atoms with Crippen LogP contribution in [-0.4, -0.2) is 70.5 Å². The molecule has 0 bridgehead atoms. The fraction of sp³-hybridized carbons (Fsp3) is 0.368. The second kappa shape index (κ2) is 8.22. The summed E-state index contributed by atoms with van der Waals surface area (Å²) in [6, 6.07) is 11.2. The highest BCUT2D eigenvalue weighted by molar-refractivity contribution is 5.90. The minimum Gasteiger partial charge on any atom is -0.497 e. The molecule has 0 atom stereocenters. The SMILES string of the molecule is COc1ccc(NC(=O)CCN2CCN(c3ccc4nncn4n3)CC2)cc1. The lowest BCUT2D eigenvalue weighted by Gasteiger charge is -2.35. The lowest BCUT2D eigenvalue weighted by Crippen LogP contribution is -2.47. The zero-order chi connectivity index (χ0) is 19.3. The van der Waals surface area contributed by atoms with E-state index in [1.807, 2.05) is 36.4 Å². The van der Waals surface area contributed by atoms with Crippen molar-refractivity contribution >= 4 is 23.1 Å². The first-order valence-corrected chi connectivity index (χ1v) is 9.29. The Morgan fingerprint density at radius 1 is 1.11 bits per heavy atom. The van der Waals surface area contributed by atoms with Crippen molar-refractivity contribution in [3.63, 3.8) is 0 Å². The lowest BCUT2D eigenvalue weighted by molar-refractivity contribution is -0.116. The van der Waals surface area contributed by atoms with Gasteiger partial charge in [-0.05, 0) is 36.4 Å². The Morgan fingerprint density at radius 3 is 2.64 bits per heavy atom. The molecule has 2 aromatic heterocycles. The van der Waals surface area contributed by atoms with Crippen LogP contribution in [0.15, 0.2) is 42.7 Å². The van der Waals surface area contributed by atoms with Gasteiger partial charge in [0, 0.05) is 44.8 Å². The number of anilines is 2. The number of nitrogens with one attached hydrogen (secondary N) is 1. The summed E-state index contributed by atoms with van der Waals surface area (Å²) in [5.41, 5.74) is 1.52. The van der Waals surface area contributed by atoms with Crippen molar-refractivity contribution in [2.75, 3.05) is 50.1 Å². The maximum atomic E-state index is 12.2. The first-order chi connectivity index (χ1) is 13.7. The van der Waals surface area contributed by atoms with E-state index in [0.29, 0.717) is 6.42 Å². The number of amides is 1. The van der Waals surface area contributed by atoms with Crippen LogP contribution in [0.3, 0.4) is 0 Å². The van der Waals surface area contributed by atoms with Crippen LogP contribution < -0.4 is 15.0 Å². The zero-order valence-corrected chi connectivity index (χ0v) is 15.8. The Morgan fingerprint density at radius 2 is 1.89 bits per heavy atom. The summed E-state index contributed by atoms with van der Waals surface area (Å²) in [7, 11) is 1.62. The maximum absolute atomic E-state index is 12.2. The van der Waals surface area contributed by atoms with E-state index in [4.69, 9.17) is 4.74 Å². The van der Waals surface area contributed by atoms with E-state index in [9.17, 15) is 4.79 Å². The minimum absolute atomic E-state index is 0.0207. The van der Waals surface area contributed by atoms with Crippen LogP contribution in [0.25, 0.3) is 5.65 Å². The number of carbonyl (C=O) groups excluding carboxylic acids is 1. The van der Waals surface area contributed by atoms with Crippen molar-refractivity contribution in [2.24, 2.45) is 0 Å². The fourth-order valence-corrected chi connectivity index (χ4v) is 3.25. The molecule has 1 fully saturated rings. The average molecular weight is 381 g/mol. The highest BCUT2D eigenvalue weighted by Gasteiger charge is 2.19. The first-order valence-electron chi connectivity index (χ1n) is 9.29. The van der Waals surface area contributed by atoms with Gasteiger partial charge >= 0.3 is 0 Å². The standard InChI is InChI=1S/C19H23N7O2/c1-28-16-4-2-15(3-5-16)21-19(27)8-9-24-10-12-25(13-11-24)18-7-6-17-22-20-14-26(17)23-18/h2-7,14H,8-13H2,1H3,(H,21,27). The smallest absolute Gasteiger partial charge is 0.225 e. The van der Waals surface area contributed by atoms with Crippen LogP contribution in [-0.2, 0) is 4.79 Å². The number of fused-ring (bicyclic) bond motifs is 1. The van der Waals surface area contributed by atoms with Gasteiger partial charge in [-0.2, -0.15) is 4.52 Å². The summed E-state index contributed by atoms with van der Waals surface area (Å²) in [5, 5.41) is 15.3. The summed E-state index contributed by atoms with van der Waals surface area (Å²) in [5.74, 6) is 1.71. The number of hydrogen-bond acceptors (Lipinski definition) is 7. The molecule has 3 aromatic rings. The average Bonchev–Trinajstić information content (AvgIpc) is 3.21. The molecule has 1 aromatic carbocycles. The van der Waals surface area contributed by atoms with Gasteiger partial charge in [0.15, 0.2) is 5.65 Å². The molecular formula is C19H23N7O2. The van der Waals surface area contributed by atoms with E-state index in [1.165, 1.54) is 0 Å². The molecule has 0 unspecified atom stereocenters. The Hall–Kier alpha value is -3.20. The van der Waals surface area contributed by atoms with Gasteiger partial charge in [-0.15, -0.1) is 15.3 Å². The van der Waals surface area contributed by atoms with Crippen LogP contribution in [0, 0.1) is 0 Å². The normalized spacial score (nSPS) is 15.0. The largest absolute Gasteiger partial charge is 0.497 e. The summed E-state index contributed by atoms with van der Waals surface area (Å²) in [4.78, 5) is 16.7. The second-order valence-electron chi connectivity index (χ2n) is 6.68. The molecule has 9 heteroatoms. The molecule has 0 spiro atoms. The number of piperazine rings is 1. The monoisotopic (exact) mass is 381 g/mol. The van der Waals surface area contributed by atoms with Crippen LogP contribution in [0.2, 0.25) is 0 Å². The van der Waals surface area contributed by atoms with Crippen molar-refractivity contribution in [3.05, 3.63) is 42.7 Å². The van der Waals surface area contributed by atoms with Crippen LogP contribution in [0.1, 0.15) is 6.42 Å². The molecule has 9 nitrogen and oxygen atoms in total. The third-order valence-corrected chi connectivity index (χ3v) is 4.87. The number of rotatable bonds is 6. The Balaban J connectivity index is 1.23. The van der Waals surface area contributed by atoms with Crippen molar-refractivity contribution in [3.8, 4) is 5.75 Å². The molecule has 4 rings (SSSR count). The molecule has 1 aliphatic heterocycles. The van der Waals surface area contributed by atoms with Crippen molar-refractivity contribution in [1.29, 1.82) is 0 Å². The predicted octanol–water partition coefficient (Wildman–Crippen LogP) is 1.28. The number of hydrogen-bond donors (Lipinski definition) is 1. The molecule has 1 amide bonds. The van der Waals surface area contributed by atoms with E-state index < -0.39 is 0 Å². The highest BCUT2D eigenvalue weighted by Crippen LogP contribution is 2.16.